The first-order valence-electron chi connectivity index (χ1n) is 5.88. The van der Waals surface area contributed by atoms with E-state index in [-0.39, 0.29) is 17.2 Å². The number of hydrogen-bond acceptors (Lipinski definition) is 5. The molecule has 0 aliphatic carbocycles. The standard InChI is InChI=1S/C11H18ClN3O3/c1-2-15-11(17)10(12)9(8-14-15)13-4-3-6-18-7-5-16/h8,13,16H,2-7H2,1H3. The predicted molar refractivity (Wildman–Crippen MR) is 70.2 cm³/mol. The van der Waals surface area contributed by atoms with Crippen LogP contribution in [0.5, 0.6) is 0 Å². The van der Waals surface area contributed by atoms with E-state index in [1.54, 1.807) is 6.20 Å². The van der Waals surface area contributed by atoms with Crippen molar-refractivity contribution >= 4 is 17.3 Å². The molecule has 0 spiro atoms. The van der Waals surface area contributed by atoms with E-state index < -0.39 is 0 Å². The molecule has 2 N–H and O–H groups in total. The first-order valence-corrected chi connectivity index (χ1v) is 6.26. The number of rotatable bonds is 8. The van der Waals surface area contributed by atoms with Crippen molar-refractivity contribution in [2.45, 2.75) is 19.9 Å². The van der Waals surface area contributed by atoms with E-state index in [2.05, 4.69) is 10.4 Å². The van der Waals surface area contributed by atoms with Crippen LogP contribution in [0.1, 0.15) is 13.3 Å². The SMILES string of the molecule is CCn1ncc(NCCCOCCO)c(Cl)c1=O. The molecule has 0 aliphatic rings. The smallest absolute Gasteiger partial charge is 0.287 e. The average Bonchev–Trinajstić information content (AvgIpc) is 2.38. The topological polar surface area (TPSA) is 76.4 Å². The number of aryl methyl sites for hydroxylation is 1. The van der Waals surface area contributed by atoms with Gasteiger partial charge in [-0.05, 0) is 13.3 Å². The molecule has 0 fully saturated rings. The fourth-order valence-corrected chi connectivity index (χ4v) is 1.59. The number of hydrogen-bond donors (Lipinski definition) is 2. The van der Waals surface area contributed by atoms with Crippen molar-refractivity contribution in [1.82, 2.24) is 9.78 Å². The number of aliphatic hydroxyl groups is 1. The first kappa shape index (κ1) is 14.9. The number of nitrogens with zero attached hydrogens (tertiary/aromatic N) is 2. The minimum absolute atomic E-state index is 0.0262. The van der Waals surface area contributed by atoms with Gasteiger partial charge >= 0.3 is 0 Å². The fourth-order valence-electron chi connectivity index (χ4n) is 1.38. The molecule has 0 aliphatic heterocycles. The van der Waals surface area contributed by atoms with Gasteiger partial charge in [-0.25, -0.2) is 4.68 Å². The fraction of sp³-hybridized carbons (Fsp3) is 0.636. The molecule has 0 radical (unpaired) electrons. The summed E-state index contributed by atoms with van der Waals surface area (Å²) >= 11 is 5.94. The molecule has 0 bridgehead atoms. The molecule has 0 saturated heterocycles. The zero-order valence-electron chi connectivity index (χ0n) is 10.4. The van der Waals surface area contributed by atoms with Gasteiger partial charge in [0.05, 0.1) is 25.1 Å². The summed E-state index contributed by atoms with van der Waals surface area (Å²) in [5.41, 5.74) is 0.245. The van der Waals surface area contributed by atoms with Gasteiger partial charge in [0, 0.05) is 19.7 Å². The maximum atomic E-state index is 11.7. The number of ether oxygens (including phenoxy) is 1. The highest BCUT2D eigenvalue weighted by atomic mass is 35.5. The van der Waals surface area contributed by atoms with Gasteiger partial charge in [-0.1, -0.05) is 11.6 Å². The van der Waals surface area contributed by atoms with E-state index >= 15 is 0 Å². The minimum atomic E-state index is -0.291. The summed E-state index contributed by atoms with van der Waals surface area (Å²) < 4.78 is 6.41. The van der Waals surface area contributed by atoms with Crippen molar-refractivity contribution < 1.29 is 9.84 Å². The Balaban J connectivity index is 2.43. The van der Waals surface area contributed by atoms with Gasteiger partial charge in [0.2, 0.25) is 0 Å². The van der Waals surface area contributed by atoms with Crippen molar-refractivity contribution in [3.63, 3.8) is 0 Å². The van der Waals surface area contributed by atoms with Crippen LogP contribution in [-0.2, 0) is 11.3 Å². The number of aromatic nitrogens is 2. The number of anilines is 1. The Kier molecular flexibility index (Phi) is 6.70. The van der Waals surface area contributed by atoms with Crippen molar-refractivity contribution in [2.75, 3.05) is 31.7 Å². The Hall–Kier alpha value is -1.11. The van der Waals surface area contributed by atoms with E-state index in [1.807, 2.05) is 6.92 Å². The summed E-state index contributed by atoms with van der Waals surface area (Å²) in [5, 5.41) is 15.7. The van der Waals surface area contributed by atoms with E-state index in [9.17, 15) is 4.79 Å². The van der Waals surface area contributed by atoms with Crippen LogP contribution in [0.4, 0.5) is 5.69 Å². The lowest BCUT2D eigenvalue weighted by molar-refractivity contribution is 0.0922. The molecular formula is C11H18ClN3O3. The second kappa shape index (κ2) is 8.07. The van der Waals surface area contributed by atoms with Crippen LogP contribution < -0.4 is 10.9 Å². The Morgan fingerprint density at radius 2 is 2.33 bits per heavy atom. The van der Waals surface area contributed by atoms with Gasteiger partial charge in [0.1, 0.15) is 5.02 Å². The van der Waals surface area contributed by atoms with Gasteiger partial charge < -0.3 is 15.2 Å². The summed E-state index contributed by atoms with van der Waals surface area (Å²) in [4.78, 5) is 11.7. The van der Waals surface area contributed by atoms with Gasteiger partial charge in [-0.2, -0.15) is 5.10 Å². The van der Waals surface area contributed by atoms with Crippen LogP contribution in [-0.4, -0.2) is 41.3 Å². The Morgan fingerprint density at radius 1 is 1.56 bits per heavy atom. The van der Waals surface area contributed by atoms with Gasteiger partial charge in [0.25, 0.3) is 5.56 Å². The van der Waals surface area contributed by atoms with E-state index in [0.29, 0.717) is 32.0 Å². The first-order chi connectivity index (χ1) is 8.70. The lowest BCUT2D eigenvalue weighted by Crippen LogP contribution is -2.23. The average molecular weight is 276 g/mol. The molecular weight excluding hydrogens is 258 g/mol. The summed E-state index contributed by atoms with van der Waals surface area (Å²) in [7, 11) is 0. The van der Waals surface area contributed by atoms with Crippen molar-refractivity contribution in [1.29, 1.82) is 0 Å². The van der Waals surface area contributed by atoms with Crippen LogP contribution >= 0.6 is 11.6 Å². The van der Waals surface area contributed by atoms with Crippen molar-refractivity contribution in [3.05, 3.63) is 21.6 Å². The summed E-state index contributed by atoms with van der Waals surface area (Å²) in [6.07, 6.45) is 2.30. The van der Waals surface area contributed by atoms with Crippen LogP contribution in [0.15, 0.2) is 11.0 Å². The van der Waals surface area contributed by atoms with Crippen LogP contribution in [0.25, 0.3) is 0 Å². The molecule has 0 unspecified atom stereocenters. The second-order valence-corrected chi connectivity index (χ2v) is 3.99. The zero-order valence-corrected chi connectivity index (χ0v) is 11.1. The maximum absolute atomic E-state index is 11.7. The lowest BCUT2D eigenvalue weighted by Gasteiger charge is -2.09. The third kappa shape index (κ3) is 4.29. The van der Waals surface area contributed by atoms with Gasteiger partial charge in [0.15, 0.2) is 0 Å². The summed E-state index contributed by atoms with van der Waals surface area (Å²) in [5.74, 6) is 0. The third-order valence-electron chi connectivity index (χ3n) is 2.30. The second-order valence-electron chi connectivity index (χ2n) is 3.61. The van der Waals surface area contributed by atoms with Crippen LogP contribution in [0.3, 0.4) is 0 Å². The summed E-state index contributed by atoms with van der Waals surface area (Å²) in [6, 6.07) is 0. The highest BCUT2D eigenvalue weighted by Gasteiger charge is 2.07. The molecule has 0 atom stereocenters. The third-order valence-corrected chi connectivity index (χ3v) is 2.67. The van der Waals surface area contributed by atoms with Gasteiger partial charge in [-0.15, -0.1) is 0 Å². The zero-order chi connectivity index (χ0) is 13.4. The molecule has 6 nitrogen and oxygen atoms in total. The molecule has 7 heteroatoms. The van der Waals surface area contributed by atoms with Crippen molar-refractivity contribution in [3.8, 4) is 0 Å². The molecule has 1 aromatic heterocycles. The molecule has 102 valence electrons. The molecule has 1 aromatic rings. The molecule has 0 aromatic carbocycles. The molecule has 1 heterocycles. The normalized spacial score (nSPS) is 10.6. The highest BCUT2D eigenvalue weighted by molar-refractivity contribution is 6.32. The van der Waals surface area contributed by atoms with E-state index in [1.165, 1.54) is 4.68 Å². The highest BCUT2D eigenvalue weighted by Crippen LogP contribution is 2.14. The number of aliphatic hydroxyl groups excluding tert-OH is 1. The van der Waals surface area contributed by atoms with Crippen LogP contribution in [0.2, 0.25) is 5.02 Å². The quantitative estimate of drug-likeness (QED) is 0.684. The van der Waals surface area contributed by atoms with Crippen LogP contribution in [0, 0.1) is 0 Å². The van der Waals surface area contributed by atoms with Crippen molar-refractivity contribution in [2.24, 2.45) is 0 Å². The predicted octanol–water partition coefficient (Wildman–Crippen LogP) is 0.728. The monoisotopic (exact) mass is 275 g/mol. The number of halogens is 1. The Labute approximate surface area is 111 Å². The summed E-state index contributed by atoms with van der Waals surface area (Å²) in [6.45, 7) is 3.87. The maximum Gasteiger partial charge on any atom is 0.287 e. The minimum Gasteiger partial charge on any atom is -0.394 e. The molecule has 0 saturated carbocycles. The largest absolute Gasteiger partial charge is 0.394 e. The molecule has 1 rings (SSSR count). The molecule has 18 heavy (non-hydrogen) atoms. The lowest BCUT2D eigenvalue weighted by atomic mass is 10.4. The Bertz CT molecular complexity index is 422. The van der Waals surface area contributed by atoms with Gasteiger partial charge in [-0.3, -0.25) is 4.79 Å². The molecule has 0 amide bonds. The van der Waals surface area contributed by atoms with E-state index in [0.717, 1.165) is 6.42 Å². The van der Waals surface area contributed by atoms with E-state index in [4.69, 9.17) is 21.4 Å². The Morgan fingerprint density at radius 3 is 3.00 bits per heavy atom. The number of nitrogens with one attached hydrogen (secondary N) is 1.